The van der Waals surface area contributed by atoms with Crippen LogP contribution in [0.5, 0.6) is 0 Å². The molecule has 1 heterocycles. The molecule has 1 aromatic heterocycles. The second kappa shape index (κ2) is 6.55. The Morgan fingerprint density at radius 3 is 2.28 bits per heavy atom. The van der Waals surface area contributed by atoms with Crippen LogP contribution in [-0.2, 0) is 6.42 Å². The molecule has 1 aromatic carbocycles. The molecule has 2 nitrogen and oxygen atoms in total. The first-order valence-corrected chi connectivity index (χ1v) is 7.51. The van der Waals surface area contributed by atoms with E-state index in [2.05, 4.69) is 47.4 Å². The molecule has 94 valence electrons. The largest absolute Gasteiger partial charge is 0.236 e. The van der Waals surface area contributed by atoms with Gasteiger partial charge < -0.3 is 0 Å². The number of thioether (sulfide) groups is 1. The maximum absolute atomic E-state index is 4.44. The smallest absolute Gasteiger partial charge is 0.159 e. The highest BCUT2D eigenvalue weighted by Gasteiger charge is 2.01. The van der Waals surface area contributed by atoms with Crippen LogP contribution in [0, 0.1) is 0 Å². The molecule has 0 unspecified atom stereocenters. The van der Waals surface area contributed by atoms with Crippen molar-refractivity contribution in [1.82, 2.24) is 9.97 Å². The highest BCUT2D eigenvalue weighted by atomic mass is 32.2. The number of aryl methyl sites for hydroxylation is 1. The predicted molar refractivity (Wildman–Crippen MR) is 77.9 cm³/mol. The summed E-state index contributed by atoms with van der Waals surface area (Å²) in [4.78, 5) is 10.1. The van der Waals surface area contributed by atoms with Crippen molar-refractivity contribution in [3.05, 3.63) is 42.2 Å². The molecule has 0 atom stereocenters. The first-order chi connectivity index (χ1) is 8.83. The quantitative estimate of drug-likeness (QED) is 0.751. The first kappa shape index (κ1) is 13.1. The predicted octanol–water partition coefficient (Wildman–Crippen LogP) is 4.21. The molecule has 0 saturated heterocycles. The average Bonchev–Trinajstić information content (AvgIpc) is 2.46. The molecule has 0 amide bonds. The van der Waals surface area contributed by atoms with Gasteiger partial charge in [0.05, 0.1) is 0 Å². The molecule has 0 N–H and O–H groups in total. The normalized spacial score (nSPS) is 10.6. The van der Waals surface area contributed by atoms with Crippen molar-refractivity contribution in [2.24, 2.45) is 0 Å². The third-order valence-corrected chi connectivity index (χ3v) is 3.62. The van der Waals surface area contributed by atoms with Gasteiger partial charge in [-0.1, -0.05) is 25.5 Å². The van der Waals surface area contributed by atoms with Crippen molar-refractivity contribution in [2.75, 3.05) is 6.26 Å². The van der Waals surface area contributed by atoms with Crippen LogP contribution in [-0.4, -0.2) is 16.2 Å². The average molecular weight is 258 g/mol. The molecule has 2 aromatic rings. The summed E-state index contributed by atoms with van der Waals surface area (Å²) < 4.78 is 0. The minimum atomic E-state index is 0.808. The molecule has 2 rings (SSSR count). The van der Waals surface area contributed by atoms with Crippen LogP contribution in [0.3, 0.4) is 0 Å². The Bertz CT molecular complexity index is 477. The summed E-state index contributed by atoms with van der Waals surface area (Å²) in [7, 11) is 0. The summed E-state index contributed by atoms with van der Waals surface area (Å²) >= 11 is 1.74. The van der Waals surface area contributed by atoms with E-state index in [0.717, 1.165) is 17.8 Å². The van der Waals surface area contributed by atoms with E-state index >= 15 is 0 Å². The maximum atomic E-state index is 4.44. The third kappa shape index (κ3) is 3.33. The van der Waals surface area contributed by atoms with Crippen molar-refractivity contribution in [3.63, 3.8) is 0 Å². The van der Waals surface area contributed by atoms with Crippen LogP contribution >= 0.6 is 11.8 Å². The fourth-order valence-corrected chi connectivity index (χ4v) is 2.16. The molecule has 0 aliphatic carbocycles. The van der Waals surface area contributed by atoms with E-state index in [-0.39, 0.29) is 0 Å². The van der Waals surface area contributed by atoms with Gasteiger partial charge in [-0.25, -0.2) is 9.97 Å². The van der Waals surface area contributed by atoms with Gasteiger partial charge in [0.2, 0.25) is 0 Å². The van der Waals surface area contributed by atoms with Gasteiger partial charge in [-0.05, 0) is 36.8 Å². The van der Waals surface area contributed by atoms with Crippen LogP contribution < -0.4 is 0 Å². The van der Waals surface area contributed by atoms with Crippen LogP contribution in [0.1, 0.15) is 25.3 Å². The monoisotopic (exact) mass is 258 g/mol. The van der Waals surface area contributed by atoms with Gasteiger partial charge in [-0.2, -0.15) is 0 Å². The number of hydrogen-bond donors (Lipinski definition) is 0. The Hall–Kier alpha value is -1.35. The molecule has 18 heavy (non-hydrogen) atoms. The first-order valence-electron chi connectivity index (χ1n) is 6.29. The summed E-state index contributed by atoms with van der Waals surface area (Å²) in [5, 5.41) is 0. The molecule has 3 heteroatoms. The zero-order valence-corrected chi connectivity index (χ0v) is 11.7. The Balaban J connectivity index is 2.12. The summed E-state index contributed by atoms with van der Waals surface area (Å²) in [5.74, 6) is 0.808. The van der Waals surface area contributed by atoms with E-state index in [4.69, 9.17) is 0 Å². The SMILES string of the molecule is CCCCc1cnc(-c2ccc(SC)cc2)nc1. The number of nitrogens with zero attached hydrogens (tertiary/aromatic N) is 2. The Morgan fingerprint density at radius 2 is 1.72 bits per heavy atom. The van der Waals surface area contributed by atoms with E-state index in [0.29, 0.717) is 0 Å². The number of hydrogen-bond acceptors (Lipinski definition) is 3. The Morgan fingerprint density at radius 1 is 1.06 bits per heavy atom. The molecule has 0 aliphatic heterocycles. The standard InChI is InChI=1S/C15H18N2S/c1-3-4-5-12-10-16-15(17-11-12)13-6-8-14(18-2)9-7-13/h6-11H,3-5H2,1-2H3. The summed E-state index contributed by atoms with van der Waals surface area (Å²) in [6.45, 7) is 2.20. The highest BCUT2D eigenvalue weighted by Crippen LogP contribution is 2.20. The minimum Gasteiger partial charge on any atom is -0.236 e. The number of benzene rings is 1. The number of aromatic nitrogens is 2. The topological polar surface area (TPSA) is 25.8 Å². The summed E-state index contributed by atoms with van der Waals surface area (Å²) in [6, 6.07) is 8.36. The molecule has 0 aliphatic rings. The van der Waals surface area contributed by atoms with E-state index < -0.39 is 0 Å². The molecular weight excluding hydrogens is 240 g/mol. The Kier molecular flexibility index (Phi) is 4.76. The molecule has 0 saturated carbocycles. The van der Waals surface area contributed by atoms with Gasteiger partial charge >= 0.3 is 0 Å². The Labute approximate surface area is 113 Å². The molecule has 0 spiro atoms. The van der Waals surface area contributed by atoms with Crippen molar-refractivity contribution in [3.8, 4) is 11.4 Å². The van der Waals surface area contributed by atoms with Crippen molar-refractivity contribution in [2.45, 2.75) is 31.1 Å². The highest BCUT2D eigenvalue weighted by molar-refractivity contribution is 7.98. The lowest BCUT2D eigenvalue weighted by atomic mass is 10.1. The van der Waals surface area contributed by atoms with Crippen molar-refractivity contribution >= 4 is 11.8 Å². The van der Waals surface area contributed by atoms with Crippen LogP contribution in [0.2, 0.25) is 0 Å². The van der Waals surface area contributed by atoms with E-state index in [1.807, 2.05) is 12.4 Å². The lowest BCUT2D eigenvalue weighted by Gasteiger charge is -2.03. The van der Waals surface area contributed by atoms with Gasteiger partial charge in [0.25, 0.3) is 0 Å². The number of rotatable bonds is 5. The van der Waals surface area contributed by atoms with Crippen LogP contribution in [0.4, 0.5) is 0 Å². The second-order valence-electron chi connectivity index (χ2n) is 4.25. The van der Waals surface area contributed by atoms with Gasteiger partial charge in [-0.3, -0.25) is 0 Å². The molecule has 0 bridgehead atoms. The van der Waals surface area contributed by atoms with Crippen molar-refractivity contribution < 1.29 is 0 Å². The fourth-order valence-electron chi connectivity index (χ4n) is 1.75. The minimum absolute atomic E-state index is 0.808. The zero-order valence-electron chi connectivity index (χ0n) is 10.9. The van der Waals surface area contributed by atoms with Crippen molar-refractivity contribution in [1.29, 1.82) is 0 Å². The van der Waals surface area contributed by atoms with E-state index in [9.17, 15) is 0 Å². The van der Waals surface area contributed by atoms with Gasteiger partial charge in [0, 0.05) is 22.9 Å². The maximum Gasteiger partial charge on any atom is 0.159 e. The second-order valence-corrected chi connectivity index (χ2v) is 5.13. The van der Waals surface area contributed by atoms with Gasteiger partial charge in [-0.15, -0.1) is 11.8 Å². The van der Waals surface area contributed by atoms with E-state index in [1.54, 1.807) is 11.8 Å². The number of unbranched alkanes of at least 4 members (excludes halogenated alkanes) is 1. The molecule has 0 radical (unpaired) electrons. The fraction of sp³-hybridized carbons (Fsp3) is 0.333. The van der Waals surface area contributed by atoms with Gasteiger partial charge in [0.1, 0.15) is 0 Å². The molecule has 0 fully saturated rings. The molecular formula is C15H18N2S. The van der Waals surface area contributed by atoms with Crippen LogP contribution in [0.25, 0.3) is 11.4 Å². The third-order valence-electron chi connectivity index (χ3n) is 2.87. The van der Waals surface area contributed by atoms with E-state index in [1.165, 1.54) is 23.3 Å². The van der Waals surface area contributed by atoms with Crippen LogP contribution in [0.15, 0.2) is 41.6 Å². The van der Waals surface area contributed by atoms with Gasteiger partial charge in [0.15, 0.2) is 5.82 Å². The lowest BCUT2D eigenvalue weighted by Crippen LogP contribution is -1.92. The summed E-state index contributed by atoms with van der Waals surface area (Å²) in [5.41, 5.74) is 2.30. The lowest BCUT2D eigenvalue weighted by molar-refractivity contribution is 0.788. The zero-order chi connectivity index (χ0) is 12.8. The summed E-state index contributed by atoms with van der Waals surface area (Å²) in [6.07, 6.45) is 9.44.